The number of rotatable bonds is 2. The van der Waals surface area contributed by atoms with Gasteiger partial charge in [-0.1, -0.05) is 0 Å². The maximum Gasteiger partial charge on any atom is 0.332 e. The van der Waals surface area contributed by atoms with Gasteiger partial charge in [0, 0.05) is 6.07 Å². The third-order valence-electron chi connectivity index (χ3n) is 1.33. The van der Waals surface area contributed by atoms with E-state index < -0.39 is 28.5 Å². The lowest BCUT2D eigenvalue weighted by atomic mass is 10.3. The fraction of sp³-hybridized carbons (Fsp3) is 0.167. The van der Waals surface area contributed by atoms with E-state index in [1.54, 1.807) is 0 Å². The van der Waals surface area contributed by atoms with E-state index in [2.05, 4.69) is 4.98 Å². The first kappa shape index (κ1) is 11.1. The maximum absolute atomic E-state index is 12.9. The molecule has 4 nitrogen and oxygen atoms in total. The Kier molecular flexibility index (Phi) is 3.24. The highest BCUT2D eigenvalue weighted by Gasteiger charge is 2.28. The van der Waals surface area contributed by atoms with Gasteiger partial charge < -0.3 is 0 Å². The molecule has 1 aromatic rings. The first-order valence-corrected chi connectivity index (χ1v) is 4.30. The molecule has 0 bridgehead atoms. The number of alkyl halides is 2. The number of pyridine rings is 1. The van der Waals surface area contributed by atoms with Gasteiger partial charge in [0.15, 0.2) is 5.69 Å². The summed E-state index contributed by atoms with van der Waals surface area (Å²) in [6.45, 7) is 0. The minimum atomic E-state index is -3.17. The Morgan fingerprint density at radius 2 is 2.14 bits per heavy atom. The molecule has 0 N–H and O–H groups in total. The van der Waals surface area contributed by atoms with Crippen molar-refractivity contribution in [3.8, 4) is 0 Å². The van der Waals surface area contributed by atoms with Crippen LogP contribution in [0.5, 0.6) is 0 Å². The predicted octanol–water partition coefficient (Wildman–Crippen LogP) is 2.67. The van der Waals surface area contributed by atoms with E-state index in [9.17, 15) is 23.3 Å². The van der Waals surface area contributed by atoms with E-state index in [0.29, 0.717) is 0 Å². The molecule has 14 heavy (non-hydrogen) atoms. The van der Waals surface area contributed by atoms with Crippen LogP contribution in [0, 0.1) is 19.6 Å². The Morgan fingerprint density at radius 1 is 1.57 bits per heavy atom. The highest BCUT2D eigenvalue weighted by atomic mass is 127. The molecule has 0 saturated carbocycles. The lowest BCUT2D eigenvalue weighted by Gasteiger charge is -2.01. The fourth-order valence-electron chi connectivity index (χ4n) is 0.828. The second-order valence-corrected chi connectivity index (χ2v) is 3.32. The fourth-order valence-corrected chi connectivity index (χ4v) is 1.36. The van der Waals surface area contributed by atoms with Crippen LogP contribution in [0.1, 0.15) is 12.1 Å². The van der Waals surface area contributed by atoms with E-state index in [4.69, 9.17) is 0 Å². The van der Waals surface area contributed by atoms with Crippen molar-refractivity contribution >= 4 is 28.3 Å². The lowest BCUT2D eigenvalue weighted by Crippen LogP contribution is -2.03. The smallest absolute Gasteiger partial charge is 0.258 e. The average molecular weight is 318 g/mol. The zero-order valence-electron chi connectivity index (χ0n) is 6.38. The van der Waals surface area contributed by atoms with Crippen molar-refractivity contribution in [1.82, 2.24) is 4.98 Å². The summed E-state index contributed by atoms with van der Waals surface area (Å²) < 4.78 is 37.3. The summed E-state index contributed by atoms with van der Waals surface area (Å²) in [7, 11) is 0. The molecule has 0 spiro atoms. The average Bonchev–Trinajstić information content (AvgIpc) is 2.01. The second-order valence-electron chi connectivity index (χ2n) is 2.22. The molecule has 0 radical (unpaired) electrons. The molecule has 0 saturated heterocycles. The zero-order valence-corrected chi connectivity index (χ0v) is 8.53. The monoisotopic (exact) mass is 318 g/mol. The quantitative estimate of drug-likeness (QED) is 0.365. The standard InChI is InChI=1S/C6H2F3IN2O2/c7-2-1-3(10)11-4(6(8)9)5(2)12(13)14/h1,6H. The van der Waals surface area contributed by atoms with Crippen molar-refractivity contribution in [2.24, 2.45) is 0 Å². The summed E-state index contributed by atoms with van der Waals surface area (Å²) in [6.07, 6.45) is -3.17. The van der Waals surface area contributed by atoms with Crippen LogP contribution in [0.15, 0.2) is 6.07 Å². The van der Waals surface area contributed by atoms with Crippen LogP contribution in [-0.4, -0.2) is 9.91 Å². The summed E-state index contributed by atoms with van der Waals surface area (Å²) in [5.74, 6) is -1.30. The van der Waals surface area contributed by atoms with Crippen LogP contribution in [0.4, 0.5) is 18.9 Å². The van der Waals surface area contributed by atoms with Gasteiger partial charge in [-0.05, 0) is 22.6 Å². The number of hydrogen-bond donors (Lipinski definition) is 0. The topological polar surface area (TPSA) is 56.0 Å². The van der Waals surface area contributed by atoms with Gasteiger partial charge in [0.25, 0.3) is 6.43 Å². The van der Waals surface area contributed by atoms with Crippen molar-refractivity contribution in [2.45, 2.75) is 6.43 Å². The van der Waals surface area contributed by atoms with Gasteiger partial charge in [0.05, 0.1) is 4.92 Å². The molecule has 0 amide bonds. The zero-order chi connectivity index (χ0) is 10.9. The molecule has 0 aliphatic heterocycles. The second kappa shape index (κ2) is 4.07. The highest BCUT2D eigenvalue weighted by Crippen LogP contribution is 2.30. The number of halogens is 4. The van der Waals surface area contributed by atoms with Crippen molar-refractivity contribution < 1.29 is 18.1 Å². The molecule has 0 fully saturated rings. The summed E-state index contributed by atoms with van der Waals surface area (Å²) in [4.78, 5) is 12.2. The minimum absolute atomic E-state index is 0.0546. The Balaban J connectivity index is 3.44. The van der Waals surface area contributed by atoms with Gasteiger partial charge >= 0.3 is 5.69 Å². The van der Waals surface area contributed by atoms with Gasteiger partial charge in [-0.15, -0.1) is 0 Å². The van der Waals surface area contributed by atoms with E-state index in [1.165, 1.54) is 22.6 Å². The molecular weight excluding hydrogens is 316 g/mol. The van der Waals surface area contributed by atoms with E-state index >= 15 is 0 Å². The summed E-state index contributed by atoms with van der Waals surface area (Å²) in [5, 5.41) is 10.2. The van der Waals surface area contributed by atoms with Crippen LogP contribution in [-0.2, 0) is 0 Å². The molecule has 8 heteroatoms. The number of nitro groups is 1. The maximum atomic E-state index is 12.9. The molecular formula is C6H2F3IN2O2. The Hall–Kier alpha value is -0.930. The van der Waals surface area contributed by atoms with Gasteiger partial charge in [0.2, 0.25) is 5.82 Å². The molecule has 0 aliphatic rings. The molecule has 1 aromatic heterocycles. The molecule has 0 aromatic carbocycles. The first-order valence-electron chi connectivity index (χ1n) is 3.22. The van der Waals surface area contributed by atoms with Gasteiger partial charge in [-0.25, -0.2) is 13.8 Å². The van der Waals surface area contributed by atoms with Crippen LogP contribution in [0.2, 0.25) is 0 Å². The molecule has 0 unspecified atom stereocenters. The summed E-state index contributed by atoms with van der Waals surface area (Å²) in [6, 6.07) is 0.727. The van der Waals surface area contributed by atoms with Crippen molar-refractivity contribution in [3.63, 3.8) is 0 Å². The highest BCUT2D eigenvalue weighted by molar-refractivity contribution is 14.1. The molecule has 0 aliphatic carbocycles. The molecule has 1 heterocycles. The largest absolute Gasteiger partial charge is 0.332 e. The van der Waals surface area contributed by atoms with Crippen molar-refractivity contribution in [2.75, 3.05) is 0 Å². The van der Waals surface area contributed by atoms with Crippen molar-refractivity contribution in [1.29, 1.82) is 0 Å². The SMILES string of the molecule is O=[N+]([O-])c1c(F)cc(I)nc1C(F)F. The van der Waals surface area contributed by atoms with Crippen LogP contribution in [0.25, 0.3) is 0 Å². The van der Waals surface area contributed by atoms with E-state index in [-0.39, 0.29) is 3.70 Å². The van der Waals surface area contributed by atoms with E-state index in [1.807, 2.05) is 0 Å². The van der Waals surface area contributed by atoms with Gasteiger partial charge in [0.1, 0.15) is 3.70 Å². The Labute approximate surface area is 89.4 Å². The Bertz CT molecular complexity index is 386. The van der Waals surface area contributed by atoms with Crippen LogP contribution < -0.4 is 0 Å². The van der Waals surface area contributed by atoms with Gasteiger partial charge in [-0.2, -0.15) is 4.39 Å². The van der Waals surface area contributed by atoms with Crippen LogP contribution >= 0.6 is 22.6 Å². The molecule has 76 valence electrons. The van der Waals surface area contributed by atoms with E-state index in [0.717, 1.165) is 6.07 Å². The van der Waals surface area contributed by atoms with Crippen molar-refractivity contribution in [3.05, 3.63) is 31.4 Å². The minimum Gasteiger partial charge on any atom is -0.258 e. The third-order valence-corrected chi connectivity index (χ3v) is 1.88. The normalized spacial score (nSPS) is 10.6. The first-order chi connectivity index (χ1) is 6.43. The number of nitrogens with zero attached hydrogens (tertiary/aromatic N) is 2. The number of hydrogen-bond acceptors (Lipinski definition) is 3. The summed E-state index contributed by atoms with van der Waals surface area (Å²) >= 11 is 1.50. The molecule has 0 atom stereocenters. The molecule has 1 rings (SSSR count). The van der Waals surface area contributed by atoms with Gasteiger partial charge in [-0.3, -0.25) is 10.1 Å². The Morgan fingerprint density at radius 3 is 2.57 bits per heavy atom. The lowest BCUT2D eigenvalue weighted by molar-refractivity contribution is -0.389. The van der Waals surface area contributed by atoms with Crippen LogP contribution in [0.3, 0.4) is 0 Å². The number of aromatic nitrogens is 1. The summed E-state index contributed by atoms with van der Waals surface area (Å²) in [5.41, 5.74) is -2.40. The third kappa shape index (κ3) is 2.11. The predicted molar refractivity (Wildman–Crippen MR) is 48.5 cm³/mol.